The third-order valence-corrected chi connectivity index (χ3v) is 5.34. The van der Waals surface area contributed by atoms with Gasteiger partial charge in [0.25, 0.3) is 5.91 Å². The second-order valence-electron chi connectivity index (χ2n) is 7.01. The largest absolute Gasteiger partial charge is 0.383 e. The molecule has 1 aliphatic heterocycles. The summed E-state index contributed by atoms with van der Waals surface area (Å²) < 4.78 is 28.2. The van der Waals surface area contributed by atoms with Crippen LogP contribution >= 0.6 is 0 Å². The molecular formula is C21H19N5O4S. The van der Waals surface area contributed by atoms with Crippen molar-refractivity contribution < 1.29 is 17.4 Å². The molecule has 0 radical (unpaired) electrons. The minimum absolute atomic E-state index is 0.0424. The number of hydrogen-bond acceptors (Lipinski definition) is 8. The number of likely N-dealkylation sites (N-methyl/N-ethyl adjacent to an activating group) is 1. The van der Waals surface area contributed by atoms with Crippen LogP contribution in [0, 0.1) is 0 Å². The lowest BCUT2D eigenvalue weighted by Gasteiger charge is -2.26. The zero-order chi connectivity index (χ0) is 22.2. The van der Waals surface area contributed by atoms with Gasteiger partial charge < -0.3 is 9.92 Å². The maximum Gasteiger partial charge on any atom is 0.306 e. The van der Waals surface area contributed by atoms with Crippen LogP contribution in [0.5, 0.6) is 5.75 Å². The normalized spacial score (nSPS) is 18.7. The van der Waals surface area contributed by atoms with Crippen molar-refractivity contribution in [2.24, 2.45) is 10.7 Å². The van der Waals surface area contributed by atoms with E-state index < -0.39 is 15.7 Å². The van der Waals surface area contributed by atoms with E-state index in [-0.39, 0.29) is 17.6 Å². The molecule has 31 heavy (non-hydrogen) atoms. The third-order valence-electron chi connectivity index (χ3n) is 4.84. The summed E-state index contributed by atoms with van der Waals surface area (Å²) >= 11 is 0. The van der Waals surface area contributed by atoms with E-state index in [9.17, 15) is 13.2 Å². The number of benzene rings is 2. The number of carbonyl (C=O) groups excluding carboxylic acids is 1. The molecule has 0 saturated carbocycles. The highest BCUT2D eigenvalue weighted by Gasteiger charge is 2.49. The lowest BCUT2D eigenvalue weighted by Crippen LogP contribution is -2.41. The van der Waals surface area contributed by atoms with E-state index in [1.165, 1.54) is 24.1 Å². The molecule has 0 fully saturated rings. The van der Waals surface area contributed by atoms with E-state index in [2.05, 4.69) is 15.0 Å². The van der Waals surface area contributed by atoms with Crippen LogP contribution in [0.25, 0.3) is 11.4 Å². The molecule has 1 amide bonds. The van der Waals surface area contributed by atoms with Gasteiger partial charge in [-0.05, 0) is 35.4 Å². The first-order valence-electron chi connectivity index (χ1n) is 9.22. The summed E-state index contributed by atoms with van der Waals surface area (Å²) in [6.45, 7) is 0. The Bertz CT molecular complexity index is 1290. The zero-order valence-corrected chi connectivity index (χ0v) is 17.6. The highest BCUT2D eigenvalue weighted by molar-refractivity contribution is 7.86. The van der Waals surface area contributed by atoms with Crippen molar-refractivity contribution in [3.63, 3.8) is 0 Å². The Kier molecular flexibility index (Phi) is 4.94. The monoisotopic (exact) mass is 437 g/mol. The number of hydrogen-bond donors (Lipinski definition) is 1. The van der Waals surface area contributed by atoms with Gasteiger partial charge in [0.2, 0.25) is 0 Å². The molecule has 2 heterocycles. The molecule has 1 unspecified atom stereocenters. The van der Waals surface area contributed by atoms with Crippen molar-refractivity contribution in [2.45, 2.75) is 5.54 Å². The van der Waals surface area contributed by atoms with E-state index in [4.69, 9.17) is 9.92 Å². The lowest BCUT2D eigenvalue weighted by atomic mass is 9.82. The zero-order valence-electron chi connectivity index (χ0n) is 16.8. The van der Waals surface area contributed by atoms with Crippen LogP contribution in [0.2, 0.25) is 0 Å². The number of nitrogens with zero attached hydrogens (tertiary/aromatic N) is 4. The Balaban J connectivity index is 1.92. The van der Waals surface area contributed by atoms with Gasteiger partial charge in [-0.25, -0.2) is 15.0 Å². The van der Waals surface area contributed by atoms with Crippen molar-refractivity contribution in [3.8, 4) is 17.1 Å². The van der Waals surface area contributed by atoms with E-state index in [1.807, 2.05) is 6.07 Å². The molecule has 158 valence electrons. The fourth-order valence-electron chi connectivity index (χ4n) is 3.46. The average Bonchev–Trinajstić information content (AvgIpc) is 2.98. The van der Waals surface area contributed by atoms with Gasteiger partial charge >= 0.3 is 10.1 Å². The van der Waals surface area contributed by atoms with Crippen LogP contribution in [0.1, 0.15) is 11.1 Å². The molecule has 10 heteroatoms. The minimum Gasteiger partial charge on any atom is -0.383 e. The number of aliphatic imine (C=N–C) groups is 1. The molecule has 0 saturated heterocycles. The summed E-state index contributed by atoms with van der Waals surface area (Å²) in [5.74, 6) is 0.218. The molecule has 0 spiro atoms. The predicted octanol–water partition coefficient (Wildman–Crippen LogP) is 1.51. The second-order valence-corrected chi connectivity index (χ2v) is 8.59. The molecule has 2 aromatic carbocycles. The summed E-state index contributed by atoms with van der Waals surface area (Å²) in [5, 5.41) is 0. The van der Waals surface area contributed by atoms with Crippen LogP contribution < -0.4 is 9.92 Å². The molecule has 1 aromatic heterocycles. The van der Waals surface area contributed by atoms with Crippen molar-refractivity contribution in [1.82, 2.24) is 14.9 Å². The van der Waals surface area contributed by atoms with Crippen LogP contribution in [0.15, 0.2) is 72.0 Å². The Labute approximate surface area is 179 Å². The summed E-state index contributed by atoms with van der Waals surface area (Å²) in [6.07, 6.45) is 4.20. The smallest absolute Gasteiger partial charge is 0.306 e. The van der Waals surface area contributed by atoms with Gasteiger partial charge in [-0.1, -0.05) is 30.3 Å². The fourth-order valence-corrected chi connectivity index (χ4v) is 3.92. The number of guanidine groups is 1. The second kappa shape index (κ2) is 7.47. The average molecular weight is 437 g/mol. The number of aromatic nitrogens is 2. The summed E-state index contributed by atoms with van der Waals surface area (Å²) in [4.78, 5) is 27.7. The van der Waals surface area contributed by atoms with Gasteiger partial charge in [0.15, 0.2) is 17.3 Å². The van der Waals surface area contributed by atoms with E-state index in [0.29, 0.717) is 22.5 Å². The number of rotatable bonds is 5. The molecule has 4 rings (SSSR count). The first-order valence-corrected chi connectivity index (χ1v) is 11.0. The number of amides is 1. The molecule has 2 N–H and O–H groups in total. The SMILES string of the molecule is CN1C(=O)C(c2cccc(OS(C)(=O)=O)c2)(c2cccc(-c3ncccn3)c2)N=C1N. The predicted molar refractivity (Wildman–Crippen MR) is 115 cm³/mol. The van der Waals surface area contributed by atoms with Crippen molar-refractivity contribution >= 4 is 22.0 Å². The van der Waals surface area contributed by atoms with Crippen molar-refractivity contribution in [3.05, 3.63) is 78.1 Å². The third kappa shape index (κ3) is 3.73. The summed E-state index contributed by atoms with van der Waals surface area (Å²) in [6, 6.07) is 15.1. The molecular weight excluding hydrogens is 418 g/mol. The fraction of sp³-hybridized carbons (Fsp3) is 0.143. The summed E-state index contributed by atoms with van der Waals surface area (Å²) in [7, 11) is -2.22. The van der Waals surface area contributed by atoms with Crippen LogP contribution in [0.4, 0.5) is 0 Å². The molecule has 0 aliphatic carbocycles. The maximum absolute atomic E-state index is 13.4. The Morgan fingerprint density at radius 2 is 1.65 bits per heavy atom. The quantitative estimate of drug-likeness (QED) is 0.599. The van der Waals surface area contributed by atoms with Gasteiger partial charge in [-0.2, -0.15) is 8.42 Å². The van der Waals surface area contributed by atoms with Crippen molar-refractivity contribution in [1.29, 1.82) is 0 Å². The van der Waals surface area contributed by atoms with E-state index in [0.717, 1.165) is 6.26 Å². The highest BCUT2D eigenvalue weighted by Crippen LogP contribution is 2.41. The molecule has 3 aromatic rings. The Morgan fingerprint density at radius 1 is 1.00 bits per heavy atom. The highest BCUT2D eigenvalue weighted by atomic mass is 32.2. The molecule has 1 aliphatic rings. The molecule has 1 atom stereocenters. The van der Waals surface area contributed by atoms with Gasteiger partial charge in [0.05, 0.1) is 6.26 Å². The van der Waals surface area contributed by atoms with Gasteiger partial charge in [-0.15, -0.1) is 0 Å². The summed E-state index contributed by atoms with van der Waals surface area (Å²) in [5.41, 5.74) is 6.14. The maximum atomic E-state index is 13.4. The van der Waals surface area contributed by atoms with Crippen molar-refractivity contribution in [2.75, 3.05) is 13.3 Å². The van der Waals surface area contributed by atoms with Crippen LogP contribution in [-0.4, -0.2) is 48.5 Å². The lowest BCUT2D eigenvalue weighted by molar-refractivity contribution is -0.129. The first-order chi connectivity index (χ1) is 14.7. The van der Waals surface area contributed by atoms with Gasteiger partial charge in [0, 0.05) is 25.0 Å². The Morgan fingerprint density at radius 3 is 2.26 bits per heavy atom. The molecule has 0 bridgehead atoms. The molecule has 9 nitrogen and oxygen atoms in total. The number of nitrogens with two attached hydrogens (primary N) is 1. The number of carbonyl (C=O) groups is 1. The minimum atomic E-state index is -3.75. The Hall–Kier alpha value is -3.79. The topological polar surface area (TPSA) is 128 Å². The van der Waals surface area contributed by atoms with Crippen LogP contribution in [0.3, 0.4) is 0 Å². The van der Waals surface area contributed by atoms with Gasteiger partial charge in [0.1, 0.15) is 5.75 Å². The van der Waals surface area contributed by atoms with E-state index in [1.54, 1.807) is 48.8 Å². The van der Waals surface area contributed by atoms with Crippen LogP contribution in [-0.2, 0) is 20.5 Å². The van der Waals surface area contributed by atoms with E-state index >= 15 is 0 Å². The first kappa shape index (κ1) is 20.5. The standard InChI is InChI=1S/C21H19N5O4S/c1-26-19(27)21(25-20(26)22,16-8-4-9-17(13-16)30-31(2,28)29)15-7-3-6-14(12-15)18-23-10-5-11-24-18/h3-13H,1-2H3,(H2,22,25). The van der Waals surface area contributed by atoms with Gasteiger partial charge in [-0.3, -0.25) is 9.69 Å².